The van der Waals surface area contributed by atoms with Gasteiger partial charge in [0.25, 0.3) is 0 Å². The van der Waals surface area contributed by atoms with Crippen LogP contribution in [-0.2, 0) is 0 Å². The fourth-order valence-corrected chi connectivity index (χ4v) is 2.19. The second kappa shape index (κ2) is 13.1. The van der Waals surface area contributed by atoms with Crippen LogP contribution in [0.15, 0.2) is 0 Å². The standard InChI is InChI=1S/C8H19P.Na.H/c1-3-5-7-9-8-6-4-2;;/h9H,3-8H2,1-2H3;;. The molecule has 0 amide bonds. The van der Waals surface area contributed by atoms with E-state index < -0.39 is 0 Å². The SMILES string of the molecule is CCCCPCCCC.[NaH]. The van der Waals surface area contributed by atoms with Crippen LogP contribution in [0, 0.1) is 0 Å². The molecule has 0 radical (unpaired) electrons. The third-order valence-electron chi connectivity index (χ3n) is 1.41. The molecule has 0 saturated heterocycles. The Kier molecular flexibility index (Phi) is 18.2. The zero-order valence-electron chi connectivity index (χ0n) is 6.74. The first-order valence-electron chi connectivity index (χ1n) is 4.12. The molecular weight excluding hydrogens is 150 g/mol. The molecule has 0 saturated carbocycles. The number of rotatable bonds is 6. The molecule has 0 aliphatic carbocycles. The van der Waals surface area contributed by atoms with Gasteiger partial charge in [0, 0.05) is 0 Å². The second-order valence-electron chi connectivity index (χ2n) is 2.46. The quantitative estimate of drug-likeness (QED) is 0.326. The molecule has 10 heavy (non-hydrogen) atoms. The topological polar surface area (TPSA) is 0 Å². The van der Waals surface area contributed by atoms with Crippen LogP contribution < -0.4 is 0 Å². The molecule has 0 spiro atoms. The van der Waals surface area contributed by atoms with E-state index in [4.69, 9.17) is 0 Å². The normalized spacial score (nSPS) is 9.00. The Bertz CT molecular complexity index is 42.5. The summed E-state index contributed by atoms with van der Waals surface area (Å²) in [5.74, 6) is 0. The van der Waals surface area contributed by atoms with Crippen molar-refractivity contribution in [1.29, 1.82) is 0 Å². The van der Waals surface area contributed by atoms with E-state index in [0.29, 0.717) is 0 Å². The van der Waals surface area contributed by atoms with Crippen molar-refractivity contribution in [1.82, 2.24) is 0 Å². The molecule has 0 heterocycles. The molecule has 58 valence electrons. The van der Waals surface area contributed by atoms with E-state index in [1.165, 1.54) is 46.6 Å². The van der Waals surface area contributed by atoms with Gasteiger partial charge in [-0.1, -0.05) is 26.7 Å². The summed E-state index contributed by atoms with van der Waals surface area (Å²) < 4.78 is 0. The Morgan fingerprint density at radius 2 is 1.30 bits per heavy atom. The molecule has 0 rings (SSSR count). The van der Waals surface area contributed by atoms with Crippen molar-refractivity contribution in [3.05, 3.63) is 0 Å². The van der Waals surface area contributed by atoms with Crippen LogP contribution in [0.4, 0.5) is 0 Å². The zero-order chi connectivity index (χ0) is 6.95. The summed E-state index contributed by atoms with van der Waals surface area (Å²) in [6, 6.07) is 0. The number of unbranched alkanes of at least 4 members (excludes halogenated alkanes) is 2. The fraction of sp³-hybridized carbons (Fsp3) is 1.00. The average molecular weight is 170 g/mol. The summed E-state index contributed by atoms with van der Waals surface area (Å²) in [6.45, 7) is 4.54. The van der Waals surface area contributed by atoms with E-state index in [9.17, 15) is 0 Å². The Morgan fingerprint density at radius 3 is 1.60 bits per heavy atom. The van der Waals surface area contributed by atoms with Crippen LogP contribution >= 0.6 is 8.58 Å². The predicted octanol–water partition coefficient (Wildman–Crippen LogP) is 2.62. The fourth-order valence-electron chi connectivity index (χ4n) is 0.729. The summed E-state index contributed by atoms with van der Waals surface area (Å²) >= 11 is 0. The molecule has 0 N–H and O–H groups in total. The van der Waals surface area contributed by atoms with E-state index in [1.54, 1.807) is 0 Å². The number of hydrogen-bond acceptors (Lipinski definition) is 0. The molecule has 0 fully saturated rings. The second-order valence-corrected chi connectivity index (χ2v) is 3.96. The van der Waals surface area contributed by atoms with Crippen LogP contribution in [0.25, 0.3) is 0 Å². The van der Waals surface area contributed by atoms with Crippen molar-refractivity contribution in [2.24, 2.45) is 0 Å². The van der Waals surface area contributed by atoms with Crippen molar-refractivity contribution >= 4 is 38.1 Å². The van der Waals surface area contributed by atoms with Gasteiger partial charge in [-0.3, -0.25) is 0 Å². The van der Waals surface area contributed by atoms with E-state index in [1.807, 2.05) is 0 Å². The van der Waals surface area contributed by atoms with Crippen molar-refractivity contribution in [3.63, 3.8) is 0 Å². The maximum atomic E-state index is 2.27. The van der Waals surface area contributed by atoms with E-state index in [2.05, 4.69) is 13.8 Å². The van der Waals surface area contributed by atoms with Crippen molar-refractivity contribution < 1.29 is 0 Å². The first kappa shape index (κ1) is 14.0. The molecule has 0 atom stereocenters. The first-order valence-corrected chi connectivity index (χ1v) is 5.54. The molecular formula is C8H20NaP. The van der Waals surface area contributed by atoms with Crippen LogP contribution in [0.3, 0.4) is 0 Å². The van der Waals surface area contributed by atoms with Gasteiger partial charge in [0.2, 0.25) is 0 Å². The third kappa shape index (κ3) is 12.1. The van der Waals surface area contributed by atoms with Gasteiger partial charge in [0.15, 0.2) is 0 Å². The monoisotopic (exact) mass is 170 g/mol. The van der Waals surface area contributed by atoms with Gasteiger partial charge >= 0.3 is 29.6 Å². The summed E-state index contributed by atoms with van der Waals surface area (Å²) in [7, 11) is 1.25. The van der Waals surface area contributed by atoms with Crippen molar-refractivity contribution in [2.45, 2.75) is 39.5 Å². The van der Waals surface area contributed by atoms with Crippen LogP contribution in [0.5, 0.6) is 0 Å². The molecule has 2 heteroatoms. The van der Waals surface area contributed by atoms with Gasteiger partial charge in [-0.15, -0.1) is 8.58 Å². The summed E-state index contributed by atoms with van der Waals surface area (Å²) in [4.78, 5) is 0. The molecule has 0 aromatic rings. The molecule has 0 aromatic carbocycles. The molecule has 0 unspecified atom stereocenters. The maximum absolute atomic E-state index is 2.27. The van der Waals surface area contributed by atoms with Crippen LogP contribution in [-0.4, -0.2) is 41.9 Å². The van der Waals surface area contributed by atoms with E-state index in [0.717, 1.165) is 0 Å². The van der Waals surface area contributed by atoms with Crippen LogP contribution in [0.1, 0.15) is 39.5 Å². The van der Waals surface area contributed by atoms with Gasteiger partial charge in [-0.25, -0.2) is 0 Å². The van der Waals surface area contributed by atoms with Gasteiger partial charge in [-0.2, -0.15) is 0 Å². The molecule has 0 aliphatic heterocycles. The van der Waals surface area contributed by atoms with Gasteiger partial charge < -0.3 is 0 Å². The molecule has 0 nitrogen and oxygen atoms in total. The number of hydrogen-bond donors (Lipinski definition) is 0. The Morgan fingerprint density at radius 1 is 0.900 bits per heavy atom. The Hall–Kier alpha value is 1.43. The van der Waals surface area contributed by atoms with Gasteiger partial charge in [-0.05, 0) is 25.2 Å². The molecule has 0 aromatic heterocycles. The summed E-state index contributed by atoms with van der Waals surface area (Å²) in [6.07, 6.45) is 8.61. The van der Waals surface area contributed by atoms with E-state index in [-0.39, 0.29) is 29.6 Å². The van der Waals surface area contributed by atoms with Gasteiger partial charge in [0.1, 0.15) is 0 Å². The first-order chi connectivity index (χ1) is 4.41. The third-order valence-corrected chi connectivity index (χ3v) is 2.83. The zero-order valence-corrected chi connectivity index (χ0v) is 7.74. The predicted molar refractivity (Wildman–Crippen MR) is 55.0 cm³/mol. The minimum absolute atomic E-state index is 0. The summed E-state index contributed by atoms with van der Waals surface area (Å²) in [5, 5.41) is 0. The summed E-state index contributed by atoms with van der Waals surface area (Å²) in [5.41, 5.74) is 0. The van der Waals surface area contributed by atoms with E-state index >= 15 is 0 Å². The Balaban J connectivity index is 0. The molecule has 0 bridgehead atoms. The molecule has 0 aliphatic rings. The van der Waals surface area contributed by atoms with Crippen molar-refractivity contribution in [2.75, 3.05) is 12.3 Å². The average Bonchev–Trinajstić information content (AvgIpc) is 1.89. The van der Waals surface area contributed by atoms with Crippen LogP contribution in [0.2, 0.25) is 0 Å². The van der Waals surface area contributed by atoms with Crippen molar-refractivity contribution in [3.8, 4) is 0 Å². The van der Waals surface area contributed by atoms with Gasteiger partial charge in [0.05, 0.1) is 0 Å². The minimum atomic E-state index is 0. The Labute approximate surface area is 89.6 Å².